The zero-order valence-electron chi connectivity index (χ0n) is 21.2. The Bertz CT molecular complexity index is 833. The third-order valence-electron chi connectivity index (χ3n) is 11.8. The van der Waals surface area contributed by atoms with Crippen molar-refractivity contribution in [3.05, 3.63) is 11.1 Å². The molecule has 2 aliphatic heterocycles. The standard InChI is InChI=1S/C29H45NO2/c1-17-12-26-27(30(5)16-17)19(3)29(32-26)11-9-22-23-7-6-20-13-21(31)8-10-28(20,4)25(23)14-24(22)18(2)15-29/h17,19-20,22-23,25-27H,6-16H2,1-5H3/t17-,19?,20?,22?,23?,25?,26?,27?,28?,29?/m0/s1. The van der Waals surface area contributed by atoms with Gasteiger partial charge < -0.3 is 9.64 Å². The first-order valence-electron chi connectivity index (χ1n) is 13.8. The van der Waals surface area contributed by atoms with E-state index in [4.69, 9.17) is 4.74 Å². The monoisotopic (exact) mass is 439 g/mol. The lowest BCUT2D eigenvalue weighted by Crippen LogP contribution is -2.49. The van der Waals surface area contributed by atoms with Gasteiger partial charge in [0.25, 0.3) is 0 Å². The van der Waals surface area contributed by atoms with Crippen LogP contribution in [0.5, 0.6) is 0 Å². The van der Waals surface area contributed by atoms with Gasteiger partial charge in [0.05, 0.1) is 11.7 Å². The van der Waals surface area contributed by atoms with Crippen molar-refractivity contribution in [3.8, 4) is 0 Å². The van der Waals surface area contributed by atoms with Crippen molar-refractivity contribution < 1.29 is 9.53 Å². The van der Waals surface area contributed by atoms with Crippen LogP contribution in [0.25, 0.3) is 0 Å². The molecule has 2 heterocycles. The fraction of sp³-hybridized carbons (Fsp3) is 0.897. The number of ether oxygens (including phenoxy) is 1. The molecule has 6 aliphatic rings. The summed E-state index contributed by atoms with van der Waals surface area (Å²) in [5, 5.41) is 0. The molecule has 178 valence electrons. The number of likely N-dealkylation sites (tertiary alicyclic amines) is 1. The number of rotatable bonds is 0. The molecule has 0 aromatic heterocycles. The lowest BCUT2D eigenvalue weighted by atomic mass is 9.52. The van der Waals surface area contributed by atoms with Gasteiger partial charge in [-0.05, 0) is 100 Å². The smallest absolute Gasteiger partial charge is 0.133 e. The van der Waals surface area contributed by atoms with E-state index in [1.54, 1.807) is 5.57 Å². The number of allylic oxidation sites excluding steroid dienone is 1. The van der Waals surface area contributed by atoms with E-state index in [2.05, 4.69) is 39.6 Å². The lowest BCUT2D eigenvalue weighted by molar-refractivity contribution is -0.129. The second-order valence-corrected chi connectivity index (χ2v) is 13.4. The predicted molar refractivity (Wildman–Crippen MR) is 128 cm³/mol. The zero-order valence-corrected chi connectivity index (χ0v) is 21.2. The highest BCUT2D eigenvalue weighted by atomic mass is 16.5. The molecule has 0 N–H and O–H groups in total. The Kier molecular flexibility index (Phi) is 5.06. The first-order valence-corrected chi connectivity index (χ1v) is 13.8. The molecule has 3 heteroatoms. The lowest BCUT2D eigenvalue weighted by Gasteiger charge is -2.52. The van der Waals surface area contributed by atoms with Crippen molar-refractivity contribution in [2.24, 2.45) is 40.9 Å². The molecule has 1 spiro atoms. The van der Waals surface area contributed by atoms with Crippen LogP contribution >= 0.6 is 0 Å². The molecular formula is C29H45NO2. The minimum atomic E-state index is 0.0585. The highest BCUT2D eigenvalue weighted by molar-refractivity contribution is 5.79. The Morgan fingerprint density at radius 1 is 1.09 bits per heavy atom. The highest BCUT2D eigenvalue weighted by Gasteiger charge is 2.59. The molecule has 0 amide bonds. The van der Waals surface area contributed by atoms with Crippen molar-refractivity contribution in [1.82, 2.24) is 4.90 Å². The number of piperidine rings is 1. The average Bonchev–Trinajstić information content (AvgIpc) is 3.19. The van der Waals surface area contributed by atoms with Gasteiger partial charge in [0.15, 0.2) is 0 Å². The van der Waals surface area contributed by atoms with E-state index >= 15 is 0 Å². The van der Waals surface area contributed by atoms with E-state index in [-0.39, 0.29) is 5.60 Å². The molecule has 5 fully saturated rings. The molecule has 0 aromatic rings. The summed E-state index contributed by atoms with van der Waals surface area (Å²) >= 11 is 0. The van der Waals surface area contributed by atoms with Gasteiger partial charge in [0, 0.05) is 31.3 Å². The largest absolute Gasteiger partial charge is 0.369 e. The summed E-state index contributed by atoms with van der Waals surface area (Å²) in [6.45, 7) is 11.1. The first-order chi connectivity index (χ1) is 15.2. The molecule has 2 saturated heterocycles. The van der Waals surface area contributed by atoms with Crippen molar-refractivity contribution >= 4 is 5.78 Å². The van der Waals surface area contributed by atoms with Gasteiger partial charge in [-0.15, -0.1) is 0 Å². The zero-order chi connectivity index (χ0) is 22.4. The molecule has 10 atom stereocenters. The van der Waals surface area contributed by atoms with Crippen LogP contribution < -0.4 is 0 Å². The number of hydrogen-bond donors (Lipinski definition) is 0. The summed E-state index contributed by atoms with van der Waals surface area (Å²) in [7, 11) is 2.33. The van der Waals surface area contributed by atoms with E-state index in [0.717, 1.165) is 49.4 Å². The second-order valence-electron chi connectivity index (χ2n) is 13.4. The number of likely N-dealkylation sites (N-methyl/N-ethyl adjacent to an activating group) is 1. The average molecular weight is 440 g/mol. The minimum absolute atomic E-state index is 0.0585. The molecule has 32 heavy (non-hydrogen) atoms. The summed E-state index contributed by atoms with van der Waals surface area (Å²) in [4.78, 5) is 14.8. The van der Waals surface area contributed by atoms with Crippen LogP contribution in [-0.4, -0.2) is 42.0 Å². The van der Waals surface area contributed by atoms with Crippen molar-refractivity contribution in [1.29, 1.82) is 0 Å². The number of nitrogens with zero attached hydrogens (tertiary/aromatic N) is 1. The number of carbonyl (C=O) groups is 1. The van der Waals surface area contributed by atoms with E-state index < -0.39 is 0 Å². The molecular weight excluding hydrogens is 394 g/mol. The van der Waals surface area contributed by atoms with Gasteiger partial charge in [-0.25, -0.2) is 0 Å². The Labute approximate surface area is 195 Å². The Hall–Kier alpha value is -0.670. The first kappa shape index (κ1) is 21.8. The normalized spacial score (nSPS) is 53.6. The topological polar surface area (TPSA) is 29.5 Å². The summed E-state index contributed by atoms with van der Waals surface area (Å²) in [6.07, 6.45) is 12.2. The van der Waals surface area contributed by atoms with Gasteiger partial charge in [0.2, 0.25) is 0 Å². The summed E-state index contributed by atoms with van der Waals surface area (Å²) in [5.74, 6) is 4.99. The quantitative estimate of drug-likeness (QED) is 0.432. The number of ketones is 1. The van der Waals surface area contributed by atoms with Crippen LogP contribution in [0, 0.1) is 40.9 Å². The third-order valence-corrected chi connectivity index (χ3v) is 11.8. The summed E-state index contributed by atoms with van der Waals surface area (Å²) < 4.78 is 7.10. The van der Waals surface area contributed by atoms with Crippen LogP contribution in [0.2, 0.25) is 0 Å². The van der Waals surface area contributed by atoms with E-state index in [0.29, 0.717) is 35.2 Å². The van der Waals surface area contributed by atoms with Crippen molar-refractivity contribution in [2.75, 3.05) is 13.6 Å². The molecule has 0 aromatic carbocycles. The molecule has 6 rings (SSSR count). The molecule has 3 saturated carbocycles. The molecule has 0 radical (unpaired) electrons. The number of hydrogen-bond acceptors (Lipinski definition) is 3. The van der Waals surface area contributed by atoms with Gasteiger partial charge in [-0.3, -0.25) is 4.79 Å². The summed E-state index contributed by atoms with van der Waals surface area (Å²) in [5.41, 5.74) is 3.96. The predicted octanol–water partition coefficient (Wildman–Crippen LogP) is 6.02. The van der Waals surface area contributed by atoms with Crippen molar-refractivity contribution in [2.45, 2.75) is 110 Å². The SMILES string of the molecule is CC1=C2CC3C(CCC4CC(=O)CCC43C)C2CCC2(C1)OC1C[C@H](C)CN(C)C1C2C. The van der Waals surface area contributed by atoms with Gasteiger partial charge in [-0.2, -0.15) is 0 Å². The van der Waals surface area contributed by atoms with Crippen molar-refractivity contribution in [3.63, 3.8) is 0 Å². The highest BCUT2D eigenvalue weighted by Crippen LogP contribution is 2.65. The summed E-state index contributed by atoms with van der Waals surface area (Å²) in [6, 6.07) is 0.601. The molecule has 0 bridgehead atoms. The van der Waals surface area contributed by atoms with Crippen LogP contribution in [-0.2, 0) is 9.53 Å². The third kappa shape index (κ3) is 3.02. The van der Waals surface area contributed by atoms with E-state index in [9.17, 15) is 4.79 Å². The molecule has 4 aliphatic carbocycles. The van der Waals surface area contributed by atoms with Crippen LogP contribution in [0.15, 0.2) is 11.1 Å². The minimum Gasteiger partial charge on any atom is -0.369 e. The second kappa shape index (κ2) is 7.41. The van der Waals surface area contributed by atoms with Gasteiger partial charge in [-0.1, -0.05) is 31.9 Å². The Morgan fingerprint density at radius 3 is 2.72 bits per heavy atom. The fourth-order valence-electron chi connectivity index (χ4n) is 10.2. The number of fused-ring (bicyclic) bond motifs is 6. The molecule has 9 unspecified atom stereocenters. The number of Topliss-reactive ketones (excluding diaryl/α,β-unsaturated/α-hetero) is 1. The Balaban J connectivity index is 1.28. The number of carbonyl (C=O) groups excluding carboxylic acids is 1. The van der Waals surface area contributed by atoms with Crippen LogP contribution in [0.4, 0.5) is 0 Å². The van der Waals surface area contributed by atoms with Gasteiger partial charge in [0.1, 0.15) is 5.78 Å². The maximum atomic E-state index is 12.2. The maximum absolute atomic E-state index is 12.2. The maximum Gasteiger partial charge on any atom is 0.133 e. The van der Waals surface area contributed by atoms with Gasteiger partial charge >= 0.3 is 0 Å². The molecule has 3 nitrogen and oxygen atoms in total. The van der Waals surface area contributed by atoms with Crippen LogP contribution in [0.1, 0.15) is 91.9 Å². The van der Waals surface area contributed by atoms with E-state index in [1.165, 1.54) is 45.1 Å². The van der Waals surface area contributed by atoms with Crippen LogP contribution in [0.3, 0.4) is 0 Å². The Morgan fingerprint density at radius 2 is 1.91 bits per heavy atom. The van der Waals surface area contributed by atoms with E-state index in [1.807, 2.05) is 5.57 Å². The fourth-order valence-corrected chi connectivity index (χ4v) is 10.2.